The van der Waals surface area contributed by atoms with Gasteiger partial charge in [0.2, 0.25) is 0 Å². The molecule has 5 heteroatoms. The quantitative estimate of drug-likeness (QED) is 0.353. The Kier molecular flexibility index (Phi) is 6.28. The Bertz CT molecular complexity index is 720. The van der Waals surface area contributed by atoms with Crippen LogP contribution in [0.1, 0.15) is 31.9 Å². The second-order valence-corrected chi connectivity index (χ2v) is 6.59. The molecule has 25 heavy (non-hydrogen) atoms. The summed E-state index contributed by atoms with van der Waals surface area (Å²) >= 11 is 0. The van der Waals surface area contributed by atoms with Crippen LogP contribution in [0.2, 0.25) is 0 Å². The fraction of sp³-hybridized carbons (Fsp3) is 0.350. The van der Waals surface area contributed by atoms with Gasteiger partial charge in [0, 0.05) is 11.6 Å². The summed E-state index contributed by atoms with van der Waals surface area (Å²) in [4.78, 5) is 0. The first-order valence-corrected chi connectivity index (χ1v) is 8.16. The zero-order valence-electron chi connectivity index (χ0n) is 15.2. The number of oxime groups is 1. The number of benzene rings is 2. The lowest BCUT2D eigenvalue weighted by atomic mass is 9.86. The van der Waals surface area contributed by atoms with Gasteiger partial charge in [-0.05, 0) is 29.2 Å². The van der Waals surface area contributed by atoms with Crippen LogP contribution in [-0.2, 0) is 5.41 Å². The number of hydrogen-bond acceptors (Lipinski definition) is 5. The first-order valence-electron chi connectivity index (χ1n) is 8.16. The molecule has 0 atom stereocenters. The molecule has 0 saturated heterocycles. The van der Waals surface area contributed by atoms with E-state index in [0.29, 0.717) is 30.3 Å². The van der Waals surface area contributed by atoms with Crippen LogP contribution in [0.15, 0.2) is 47.6 Å². The largest absolute Gasteiger partial charge is 0.497 e. The Hall–Kier alpha value is -2.69. The molecule has 5 nitrogen and oxygen atoms in total. The van der Waals surface area contributed by atoms with Gasteiger partial charge in [-0.3, -0.25) is 0 Å². The van der Waals surface area contributed by atoms with Crippen LogP contribution in [0.25, 0.3) is 0 Å². The zero-order chi connectivity index (χ0) is 18.3. The van der Waals surface area contributed by atoms with Gasteiger partial charge in [-0.15, -0.1) is 0 Å². The van der Waals surface area contributed by atoms with Crippen molar-refractivity contribution in [2.24, 2.45) is 5.16 Å². The molecular weight excluding hydrogens is 318 g/mol. The maximum absolute atomic E-state index is 8.76. The smallest absolute Gasteiger partial charge is 0.132 e. The standard InChI is InChI=1S/C20H25NO4/c1-20(2,3)17-7-5-6-8-18(17)24-11-12-25-19-13-16(23-4)10-9-15(19)14-21-22/h5-10,13-14,22H,11-12H2,1-4H3. The molecule has 0 aliphatic carbocycles. The Morgan fingerprint density at radius 2 is 1.68 bits per heavy atom. The SMILES string of the molecule is COc1ccc(C=NO)c(OCCOc2ccccc2C(C)(C)C)c1. The van der Waals surface area contributed by atoms with Gasteiger partial charge in [-0.2, -0.15) is 0 Å². The van der Waals surface area contributed by atoms with E-state index in [9.17, 15) is 0 Å². The van der Waals surface area contributed by atoms with Gasteiger partial charge in [0.25, 0.3) is 0 Å². The average Bonchev–Trinajstić information content (AvgIpc) is 2.59. The molecule has 0 unspecified atom stereocenters. The van der Waals surface area contributed by atoms with Crippen molar-refractivity contribution in [2.45, 2.75) is 26.2 Å². The Labute approximate surface area is 148 Å². The molecule has 0 bridgehead atoms. The van der Waals surface area contributed by atoms with Crippen molar-refractivity contribution in [1.29, 1.82) is 0 Å². The van der Waals surface area contributed by atoms with Crippen molar-refractivity contribution in [3.63, 3.8) is 0 Å². The van der Waals surface area contributed by atoms with E-state index >= 15 is 0 Å². The van der Waals surface area contributed by atoms with E-state index in [4.69, 9.17) is 19.4 Å². The van der Waals surface area contributed by atoms with E-state index < -0.39 is 0 Å². The molecule has 0 heterocycles. The van der Waals surface area contributed by atoms with Crippen molar-refractivity contribution in [1.82, 2.24) is 0 Å². The molecule has 2 aromatic rings. The molecule has 0 spiro atoms. The highest BCUT2D eigenvalue weighted by molar-refractivity contribution is 5.83. The zero-order valence-corrected chi connectivity index (χ0v) is 15.2. The third-order valence-corrected chi connectivity index (χ3v) is 3.71. The molecule has 134 valence electrons. The summed E-state index contributed by atoms with van der Waals surface area (Å²) in [6.07, 6.45) is 1.32. The van der Waals surface area contributed by atoms with Crippen molar-refractivity contribution in [3.05, 3.63) is 53.6 Å². The minimum absolute atomic E-state index is 0.00893. The molecule has 0 fully saturated rings. The van der Waals surface area contributed by atoms with E-state index in [1.54, 1.807) is 25.3 Å². The number of hydrogen-bond donors (Lipinski definition) is 1. The fourth-order valence-electron chi connectivity index (χ4n) is 2.45. The predicted octanol–water partition coefficient (Wildman–Crippen LogP) is 4.26. The maximum Gasteiger partial charge on any atom is 0.132 e. The van der Waals surface area contributed by atoms with E-state index in [1.807, 2.05) is 18.2 Å². The minimum atomic E-state index is 0.00893. The number of para-hydroxylation sites is 1. The Morgan fingerprint density at radius 3 is 2.32 bits per heavy atom. The lowest BCUT2D eigenvalue weighted by Crippen LogP contribution is -2.16. The molecular formula is C20H25NO4. The summed E-state index contributed by atoms with van der Waals surface area (Å²) in [5.74, 6) is 2.11. The normalized spacial score (nSPS) is 11.5. The summed E-state index contributed by atoms with van der Waals surface area (Å²) in [5, 5.41) is 11.8. The maximum atomic E-state index is 8.76. The molecule has 2 aromatic carbocycles. The second-order valence-electron chi connectivity index (χ2n) is 6.59. The van der Waals surface area contributed by atoms with Crippen LogP contribution in [0.4, 0.5) is 0 Å². The number of ether oxygens (including phenoxy) is 3. The van der Waals surface area contributed by atoms with Gasteiger partial charge in [0.05, 0.1) is 13.3 Å². The predicted molar refractivity (Wildman–Crippen MR) is 98.5 cm³/mol. The summed E-state index contributed by atoms with van der Waals surface area (Å²) in [7, 11) is 1.59. The van der Waals surface area contributed by atoms with Crippen LogP contribution in [-0.4, -0.2) is 31.7 Å². The topological polar surface area (TPSA) is 60.3 Å². The van der Waals surface area contributed by atoms with Crippen LogP contribution in [0.3, 0.4) is 0 Å². The lowest BCUT2D eigenvalue weighted by molar-refractivity contribution is 0.213. The van der Waals surface area contributed by atoms with Crippen molar-refractivity contribution >= 4 is 6.21 Å². The molecule has 2 rings (SSSR count). The minimum Gasteiger partial charge on any atom is -0.497 e. The van der Waals surface area contributed by atoms with E-state index in [2.05, 4.69) is 32.0 Å². The molecule has 0 aliphatic heterocycles. The summed E-state index contributed by atoms with van der Waals surface area (Å²) in [5.41, 5.74) is 1.83. The van der Waals surface area contributed by atoms with Crippen LogP contribution in [0.5, 0.6) is 17.2 Å². The number of rotatable bonds is 7. The molecule has 0 aromatic heterocycles. The lowest BCUT2D eigenvalue weighted by Gasteiger charge is -2.22. The second kappa shape index (κ2) is 8.42. The number of nitrogens with zero attached hydrogens (tertiary/aromatic N) is 1. The molecule has 0 aliphatic rings. The Balaban J connectivity index is 2.01. The van der Waals surface area contributed by atoms with Crippen LogP contribution in [0, 0.1) is 0 Å². The van der Waals surface area contributed by atoms with Gasteiger partial charge >= 0.3 is 0 Å². The highest BCUT2D eigenvalue weighted by atomic mass is 16.5. The van der Waals surface area contributed by atoms with Gasteiger partial charge in [0.15, 0.2) is 0 Å². The van der Waals surface area contributed by atoms with Crippen molar-refractivity contribution in [3.8, 4) is 17.2 Å². The number of methoxy groups -OCH3 is 1. The highest BCUT2D eigenvalue weighted by Gasteiger charge is 2.18. The summed E-state index contributed by atoms with van der Waals surface area (Å²) < 4.78 is 16.9. The molecule has 0 amide bonds. The van der Waals surface area contributed by atoms with E-state index in [-0.39, 0.29) is 5.41 Å². The van der Waals surface area contributed by atoms with E-state index in [0.717, 1.165) is 11.3 Å². The fourth-order valence-corrected chi connectivity index (χ4v) is 2.45. The van der Waals surface area contributed by atoms with Crippen molar-refractivity contribution < 1.29 is 19.4 Å². The summed E-state index contributed by atoms with van der Waals surface area (Å²) in [6, 6.07) is 13.3. The molecule has 1 N–H and O–H groups in total. The molecule has 0 radical (unpaired) electrons. The monoisotopic (exact) mass is 343 g/mol. The first kappa shape index (κ1) is 18.6. The summed E-state index contributed by atoms with van der Waals surface area (Å²) in [6.45, 7) is 7.23. The van der Waals surface area contributed by atoms with Gasteiger partial charge in [-0.1, -0.05) is 44.1 Å². The molecule has 0 saturated carbocycles. The van der Waals surface area contributed by atoms with E-state index in [1.165, 1.54) is 6.21 Å². The van der Waals surface area contributed by atoms with Gasteiger partial charge < -0.3 is 19.4 Å². The van der Waals surface area contributed by atoms with Crippen LogP contribution < -0.4 is 14.2 Å². The third-order valence-electron chi connectivity index (χ3n) is 3.71. The van der Waals surface area contributed by atoms with Gasteiger partial charge in [-0.25, -0.2) is 0 Å². The van der Waals surface area contributed by atoms with Crippen LogP contribution >= 0.6 is 0 Å². The van der Waals surface area contributed by atoms with Crippen molar-refractivity contribution in [2.75, 3.05) is 20.3 Å². The van der Waals surface area contributed by atoms with Gasteiger partial charge in [0.1, 0.15) is 30.5 Å². The first-order chi connectivity index (χ1) is 12.0. The Morgan fingerprint density at radius 1 is 1.00 bits per heavy atom. The highest BCUT2D eigenvalue weighted by Crippen LogP contribution is 2.31. The third kappa shape index (κ3) is 5.14. The average molecular weight is 343 g/mol.